The molecule has 0 aromatic carbocycles. The Balaban J connectivity index is 2.38. The fourth-order valence-corrected chi connectivity index (χ4v) is 3.17. The summed E-state index contributed by atoms with van der Waals surface area (Å²) in [6.45, 7) is 4.05. The molecule has 0 saturated carbocycles. The Morgan fingerprint density at radius 2 is 2.36 bits per heavy atom. The Kier molecular flexibility index (Phi) is 4.58. The average Bonchev–Trinajstić information content (AvgIpc) is 2.53. The number of amides is 1. The van der Waals surface area contributed by atoms with Gasteiger partial charge in [0.2, 0.25) is 5.91 Å². The van der Waals surface area contributed by atoms with E-state index in [2.05, 4.69) is 5.32 Å². The van der Waals surface area contributed by atoms with Crippen LogP contribution in [-0.2, 0) is 4.79 Å². The maximum absolute atomic E-state index is 11.8. The van der Waals surface area contributed by atoms with Crippen LogP contribution in [0.2, 0.25) is 0 Å². The normalized spacial score (nSPS) is 22.4. The fraction of sp³-hybridized carbons (Fsp3) is 0.900. The van der Waals surface area contributed by atoms with Gasteiger partial charge in [0.1, 0.15) is 0 Å². The highest BCUT2D eigenvalue weighted by Gasteiger charge is 2.27. The summed E-state index contributed by atoms with van der Waals surface area (Å²) in [6, 6.07) is 0. The van der Waals surface area contributed by atoms with Gasteiger partial charge in [-0.2, -0.15) is 11.8 Å². The number of alkyl halides is 1. The van der Waals surface area contributed by atoms with Gasteiger partial charge in [0.25, 0.3) is 0 Å². The largest absolute Gasteiger partial charge is 0.351 e. The lowest BCUT2D eigenvalue weighted by molar-refractivity contribution is -0.125. The third-order valence-corrected chi connectivity index (χ3v) is 3.83. The Labute approximate surface area is 95.2 Å². The van der Waals surface area contributed by atoms with Crippen LogP contribution < -0.4 is 5.32 Å². The van der Waals surface area contributed by atoms with Gasteiger partial charge in [-0.1, -0.05) is 0 Å². The molecule has 2 nitrogen and oxygen atoms in total. The van der Waals surface area contributed by atoms with E-state index in [1.165, 1.54) is 0 Å². The number of carbonyl (C=O) groups excluding carboxylic acids is 1. The minimum Gasteiger partial charge on any atom is -0.351 e. The Morgan fingerprint density at radius 3 is 2.86 bits per heavy atom. The predicted molar refractivity (Wildman–Crippen MR) is 63.0 cm³/mol. The monoisotopic (exact) mass is 235 g/mol. The highest BCUT2D eigenvalue weighted by molar-refractivity contribution is 7.99. The molecule has 0 aromatic rings. The van der Waals surface area contributed by atoms with Gasteiger partial charge in [0, 0.05) is 23.1 Å². The smallest absolute Gasteiger partial charge is 0.224 e. The minimum atomic E-state index is -0.161. The van der Waals surface area contributed by atoms with Crippen LogP contribution in [-0.4, -0.2) is 28.8 Å². The lowest BCUT2D eigenvalue weighted by Crippen LogP contribution is -2.46. The van der Waals surface area contributed by atoms with E-state index in [4.69, 9.17) is 11.6 Å². The first-order valence-electron chi connectivity index (χ1n) is 5.01. The van der Waals surface area contributed by atoms with E-state index in [0.29, 0.717) is 5.88 Å². The molecule has 0 radical (unpaired) electrons. The second-order valence-corrected chi connectivity index (χ2v) is 5.90. The maximum atomic E-state index is 11.8. The van der Waals surface area contributed by atoms with E-state index in [9.17, 15) is 4.79 Å². The number of rotatable bonds is 4. The molecule has 1 aliphatic rings. The first-order chi connectivity index (χ1) is 6.55. The van der Waals surface area contributed by atoms with Crippen LogP contribution in [0.15, 0.2) is 0 Å². The molecule has 1 atom stereocenters. The standard InChI is InChI=1S/C10H18ClNOS/c1-10(2,4-5-11)12-9(13)8-3-6-14-7-8/h8H,3-7H2,1-2H3,(H,12,13). The van der Waals surface area contributed by atoms with Crippen LogP contribution in [0, 0.1) is 5.92 Å². The van der Waals surface area contributed by atoms with Gasteiger partial charge in [-0.05, 0) is 32.4 Å². The highest BCUT2D eigenvalue weighted by atomic mass is 35.5. The van der Waals surface area contributed by atoms with Crippen molar-refractivity contribution in [3.63, 3.8) is 0 Å². The molecule has 0 aromatic heterocycles. The summed E-state index contributed by atoms with van der Waals surface area (Å²) in [4.78, 5) is 11.8. The van der Waals surface area contributed by atoms with Crippen molar-refractivity contribution in [1.82, 2.24) is 5.32 Å². The molecule has 1 rings (SSSR count). The Bertz CT molecular complexity index is 202. The topological polar surface area (TPSA) is 29.1 Å². The van der Waals surface area contributed by atoms with Crippen molar-refractivity contribution in [3.8, 4) is 0 Å². The second-order valence-electron chi connectivity index (χ2n) is 4.37. The van der Waals surface area contributed by atoms with Gasteiger partial charge in [-0.3, -0.25) is 4.79 Å². The molecule has 0 spiro atoms. The fourth-order valence-electron chi connectivity index (χ4n) is 1.48. The molecule has 1 N–H and O–H groups in total. The molecule has 1 aliphatic heterocycles. The number of nitrogens with one attached hydrogen (secondary N) is 1. The maximum Gasteiger partial charge on any atom is 0.224 e. The van der Waals surface area contributed by atoms with Crippen molar-refractivity contribution < 1.29 is 4.79 Å². The molecule has 1 amide bonds. The van der Waals surface area contributed by atoms with Crippen molar-refractivity contribution in [2.24, 2.45) is 5.92 Å². The molecule has 4 heteroatoms. The van der Waals surface area contributed by atoms with Crippen molar-refractivity contribution in [1.29, 1.82) is 0 Å². The van der Waals surface area contributed by atoms with Gasteiger partial charge in [-0.15, -0.1) is 11.6 Å². The molecular formula is C10H18ClNOS. The van der Waals surface area contributed by atoms with E-state index in [1.807, 2.05) is 25.6 Å². The van der Waals surface area contributed by atoms with Crippen LogP contribution in [0.3, 0.4) is 0 Å². The summed E-state index contributed by atoms with van der Waals surface area (Å²) in [5.74, 6) is 3.10. The minimum absolute atomic E-state index is 0.161. The summed E-state index contributed by atoms with van der Waals surface area (Å²) in [5.41, 5.74) is -0.161. The van der Waals surface area contributed by atoms with E-state index < -0.39 is 0 Å². The molecule has 1 unspecified atom stereocenters. The summed E-state index contributed by atoms with van der Waals surface area (Å²) in [6.07, 6.45) is 1.84. The molecule has 1 heterocycles. The first kappa shape index (κ1) is 12.2. The molecular weight excluding hydrogens is 218 g/mol. The lowest BCUT2D eigenvalue weighted by Gasteiger charge is -2.26. The van der Waals surface area contributed by atoms with E-state index in [0.717, 1.165) is 24.3 Å². The summed E-state index contributed by atoms with van der Waals surface area (Å²) < 4.78 is 0. The van der Waals surface area contributed by atoms with Gasteiger partial charge in [-0.25, -0.2) is 0 Å². The molecule has 0 aliphatic carbocycles. The summed E-state index contributed by atoms with van der Waals surface area (Å²) >= 11 is 7.54. The van der Waals surface area contributed by atoms with E-state index in [-0.39, 0.29) is 17.4 Å². The van der Waals surface area contributed by atoms with Crippen molar-refractivity contribution in [2.75, 3.05) is 17.4 Å². The zero-order valence-electron chi connectivity index (χ0n) is 8.81. The highest BCUT2D eigenvalue weighted by Crippen LogP contribution is 2.24. The van der Waals surface area contributed by atoms with Gasteiger partial charge < -0.3 is 5.32 Å². The van der Waals surface area contributed by atoms with Gasteiger partial charge in [0.05, 0.1) is 0 Å². The predicted octanol–water partition coefficient (Wildman–Crippen LogP) is 2.26. The lowest BCUT2D eigenvalue weighted by atomic mass is 9.99. The number of carbonyl (C=O) groups is 1. The number of halogens is 1. The van der Waals surface area contributed by atoms with Crippen LogP contribution in [0.25, 0.3) is 0 Å². The third kappa shape index (κ3) is 3.70. The summed E-state index contributed by atoms with van der Waals surface area (Å²) in [7, 11) is 0. The quantitative estimate of drug-likeness (QED) is 0.758. The molecule has 0 bridgehead atoms. The van der Waals surface area contributed by atoms with Crippen molar-refractivity contribution in [2.45, 2.75) is 32.2 Å². The first-order valence-corrected chi connectivity index (χ1v) is 6.70. The van der Waals surface area contributed by atoms with Crippen LogP contribution >= 0.6 is 23.4 Å². The number of thioether (sulfide) groups is 1. The Morgan fingerprint density at radius 1 is 1.64 bits per heavy atom. The average molecular weight is 236 g/mol. The third-order valence-electron chi connectivity index (χ3n) is 2.48. The summed E-state index contributed by atoms with van der Waals surface area (Å²) in [5, 5.41) is 3.06. The van der Waals surface area contributed by atoms with Gasteiger partial charge in [0.15, 0.2) is 0 Å². The zero-order valence-corrected chi connectivity index (χ0v) is 10.4. The van der Waals surface area contributed by atoms with Crippen molar-refractivity contribution in [3.05, 3.63) is 0 Å². The number of hydrogen-bond donors (Lipinski definition) is 1. The SMILES string of the molecule is CC(C)(CCCl)NC(=O)C1CCSC1. The molecule has 82 valence electrons. The van der Waals surface area contributed by atoms with Gasteiger partial charge >= 0.3 is 0 Å². The van der Waals surface area contributed by atoms with E-state index >= 15 is 0 Å². The number of hydrogen-bond acceptors (Lipinski definition) is 2. The van der Waals surface area contributed by atoms with Crippen LogP contribution in [0.1, 0.15) is 26.7 Å². The van der Waals surface area contributed by atoms with Crippen LogP contribution in [0.4, 0.5) is 0 Å². The molecule has 1 saturated heterocycles. The van der Waals surface area contributed by atoms with Crippen molar-refractivity contribution >= 4 is 29.3 Å². The second kappa shape index (κ2) is 5.26. The Hall–Kier alpha value is 0.110. The van der Waals surface area contributed by atoms with E-state index in [1.54, 1.807) is 0 Å². The zero-order chi connectivity index (χ0) is 10.6. The molecule has 14 heavy (non-hydrogen) atoms. The molecule has 1 fully saturated rings. The van der Waals surface area contributed by atoms with Crippen LogP contribution in [0.5, 0.6) is 0 Å².